The highest BCUT2D eigenvalue weighted by Crippen LogP contribution is 2.11. The molecule has 6 amide bonds. The van der Waals surface area contributed by atoms with Crippen molar-refractivity contribution in [3.8, 4) is 5.75 Å². The standard InChI is InChI=1S/C26H41N7O7S/c1-15(2)23(26(40)29-10-8-20(28)35)33-25(39)19(9-11-41-3)32-22(37)14-30-21(36)13-31-24(38)18(27)12-16-4-6-17(34)7-5-16/h4-7,15,18-19,23,34H,8-14,27H2,1-3H3,(H2,28,35)(H,29,40)(H,30,36)(H,31,38)(H,32,37)(H,33,39)/t18-,19-,23-/m0/s1. The molecule has 0 radical (unpaired) electrons. The van der Waals surface area contributed by atoms with Crippen LogP contribution in [0.15, 0.2) is 24.3 Å². The number of primary amides is 1. The second-order valence-electron chi connectivity index (χ2n) is 9.61. The second-order valence-corrected chi connectivity index (χ2v) is 10.6. The molecule has 15 heteroatoms. The average Bonchev–Trinajstić information content (AvgIpc) is 2.91. The summed E-state index contributed by atoms with van der Waals surface area (Å²) in [6, 6.07) is 3.41. The summed E-state index contributed by atoms with van der Waals surface area (Å²) in [5.74, 6) is -3.12. The number of carbonyl (C=O) groups is 6. The minimum absolute atomic E-state index is 0.0321. The molecule has 3 atom stereocenters. The minimum atomic E-state index is -0.968. The molecule has 0 saturated heterocycles. The van der Waals surface area contributed by atoms with Crippen molar-refractivity contribution >= 4 is 47.2 Å². The van der Waals surface area contributed by atoms with Crippen LogP contribution in [0.4, 0.5) is 0 Å². The molecule has 228 valence electrons. The highest BCUT2D eigenvalue weighted by atomic mass is 32.2. The van der Waals surface area contributed by atoms with Gasteiger partial charge in [0.15, 0.2) is 0 Å². The number of phenolic OH excluding ortho intramolecular Hbond substituents is 1. The topological polar surface area (TPSA) is 235 Å². The van der Waals surface area contributed by atoms with Crippen molar-refractivity contribution < 1.29 is 33.9 Å². The third kappa shape index (κ3) is 14.4. The lowest BCUT2D eigenvalue weighted by atomic mass is 10.0. The van der Waals surface area contributed by atoms with Crippen LogP contribution >= 0.6 is 11.8 Å². The predicted octanol–water partition coefficient (Wildman–Crippen LogP) is -2.14. The van der Waals surface area contributed by atoms with Crippen LogP contribution < -0.4 is 38.1 Å². The van der Waals surface area contributed by atoms with Gasteiger partial charge in [0.05, 0.1) is 19.1 Å². The number of carbonyl (C=O) groups excluding carboxylic acids is 6. The van der Waals surface area contributed by atoms with Crippen LogP contribution in [-0.4, -0.2) is 90.3 Å². The fourth-order valence-electron chi connectivity index (χ4n) is 3.48. The Morgan fingerprint density at radius 3 is 2.10 bits per heavy atom. The van der Waals surface area contributed by atoms with Gasteiger partial charge in [-0.25, -0.2) is 0 Å². The molecule has 0 bridgehead atoms. The van der Waals surface area contributed by atoms with Crippen LogP contribution in [0.2, 0.25) is 0 Å². The summed E-state index contributed by atoms with van der Waals surface area (Å²) < 4.78 is 0. The fraction of sp³-hybridized carbons (Fsp3) is 0.538. The summed E-state index contributed by atoms with van der Waals surface area (Å²) in [5, 5.41) is 21.9. The van der Waals surface area contributed by atoms with E-state index in [1.807, 2.05) is 6.26 Å². The van der Waals surface area contributed by atoms with Gasteiger partial charge in [-0.1, -0.05) is 26.0 Å². The number of amides is 6. The Morgan fingerprint density at radius 2 is 1.51 bits per heavy atom. The lowest BCUT2D eigenvalue weighted by Crippen LogP contribution is -2.56. The van der Waals surface area contributed by atoms with Crippen molar-refractivity contribution in [2.75, 3.05) is 31.6 Å². The summed E-state index contributed by atoms with van der Waals surface area (Å²) >= 11 is 1.46. The molecule has 0 heterocycles. The molecule has 41 heavy (non-hydrogen) atoms. The summed E-state index contributed by atoms with van der Waals surface area (Å²) in [5.41, 5.74) is 11.7. The number of hydrogen-bond donors (Lipinski definition) is 8. The van der Waals surface area contributed by atoms with Crippen LogP contribution in [0.25, 0.3) is 0 Å². The number of rotatable bonds is 18. The third-order valence-corrected chi connectivity index (χ3v) is 6.42. The number of nitrogens with two attached hydrogens (primary N) is 2. The summed E-state index contributed by atoms with van der Waals surface area (Å²) in [4.78, 5) is 73.3. The van der Waals surface area contributed by atoms with E-state index in [4.69, 9.17) is 11.5 Å². The molecule has 0 aliphatic heterocycles. The largest absolute Gasteiger partial charge is 0.508 e. The zero-order valence-corrected chi connectivity index (χ0v) is 24.3. The zero-order chi connectivity index (χ0) is 30.9. The monoisotopic (exact) mass is 595 g/mol. The highest BCUT2D eigenvalue weighted by molar-refractivity contribution is 7.98. The zero-order valence-electron chi connectivity index (χ0n) is 23.5. The van der Waals surface area contributed by atoms with Crippen molar-refractivity contribution in [2.45, 2.75) is 51.2 Å². The average molecular weight is 596 g/mol. The first-order valence-electron chi connectivity index (χ1n) is 13.1. The molecular weight excluding hydrogens is 554 g/mol. The smallest absolute Gasteiger partial charge is 0.243 e. The van der Waals surface area contributed by atoms with E-state index in [0.29, 0.717) is 5.75 Å². The van der Waals surface area contributed by atoms with E-state index in [1.165, 1.54) is 23.9 Å². The van der Waals surface area contributed by atoms with Crippen molar-refractivity contribution in [2.24, 2.45) is 17.4 Å². The Hall–Kier alpha value is -3.85. The van der Waals surface area contributed by atoms with Gasteiger partial charge in [-0.15, -0.1) is 0 Å². The van der Waals surface area contributed by atoms with Crippen LogP contribution in [0.5, 0.6) is 5.75 Å². The molecule has 1 rings (SSSR count). The maximum absolute atomic E-state index is 13.0. The quantitative estimate of drug-likeness (QED) is 0.0923. The maximum atomic E-state index is 13.0. The van der Waals surface area contributed by atoms with E-state index in [1.54, 1.807) is 26.0 Å². The van der Waals surface area contributed by atoms with E-state index in [-0.39, 0.29) is 37.5 Å². The summed E-state index contributed by atoms with van der Waals surface area (Å²) in [6.45, 7) is 2.65. The van der Waals surface area contributed by atoms with Crippen LogP contribution in [0.1, 0.15) is 32.3 Å². The predicted molar refractivity (Wildman–Crippen MR) is 154 cm³/mol. The first kappa shape index (κ1) is 35.2. The van der Waals surface area contributed by atoms with Gasteiger partial charge in [-0.2, -0.15) is 11.8 Å². The molecule has 1 aromatic carbocycles. The Morgan fingerprint density at radius 1 is 0.878 bits per heavy atom. The van der Waals surface area contributed by atoms with Crippen LogP contribution in [-0.2, 0) is 35.2 Å². The van der Waals surface area contributed by atoms with E-state index in [9.17, 15) is 33.9 Å². The molecule has 0 aliphatic rings. The Kier molecular flexibility index (Phi) is 15.9. The lowest BCUT2D eigenvalue weighted by molar-refractivity contribution is -0.133. The molecule has 0 aliphatic carbocycles. The molecule has 0 aromatic heterocycles. The van der Waals surface area contributed by atoms with Crippen LogP contribution in [0.3, 0.4) is 0 Å². The molecule has 1 aromatic rings. The number of thioether (sulfide) groups is 1. The SMILES string of the molecule is CSCC[C@H](NC(=O)CNC(=O)CNC(=O)[C@@H](N)Cc1ccc(O)cc1)C(=O)N[C@H](C(=O)NCCC(N)=O)C(C)C. The number of nitrogens with one attached hydrogen (secondary N) is 5. The molecule has 0 unspecified atom stereocenters. The number of aromatic hydroxyl groups is 1. The van der Waals surface area contributed by atoms with Gasteiger partial charge < -0.3 is 43.2 Å². The van der Waals surface area contributed by atoms with Gasteiger partial charge in [-0.05, 0) is 48.5 Å². The van der Waals surface area contributed by atoms with Crippen molar-refractivity contribution in [1.82, 2.24) is 26.6 Å². The highest BCUT2D eigenvalue weighted by Gasteiger charge is 2.28. The lowest BCUT2D eigenvalue weighted by Gasteiger charge is -2.25. The van der Waals surface area contributed by atoms with Gasteiger partial charge in [0.1, 0.15) is 17.8 Å². The third-order valence-electron chi connectivity index (χ3n) is 5.78. The second kappa shape index (κ2) is 18.5. The summed E-state index contributed by atoms with van der Waals surface area (Å²) in [7, 11) is 0. The van der Waals surface area contributed by atoms with Gasteiger partial charge in [0.2, 0.25) is 35.4 Å². The molecule has 0 spiro atoms. The number of benzene rings is 1. The fourth-order valence-corrected chi connectivity index (χ4v) is 3.95. The van der Waals surface area contributed by atoms with Crippen molar-refractivity contribution in [1.29, 1.82) is 0 Å². The summed E-state index contributed by atoms with van der Waals surface area (Å²) in [6.07, 6.45) is 2.27. The Labute approximate surface area is 243 Å². The Balaban J connectivity index is 2.58. The number of phenols is 1. The van der Waals surface area contributed by atoms with Gasteiger partial charge in [0, 0.05) is 13.0 Å². The maximum Gasteiger partial charge on any atom is 0.243 e. The molecular formula is C26H41N7O7S. The van der Waals surface area contributed by atoms with Gasteiger partial charge >= 0.3 is 0 Å². The van der Waals surface area contributed by atoms with E-state index >= 15 is 0 Å². The molecule has 0 saturated carbocycles. The van der Waals surface area contributed by atoms with E-state index < -0.39 is 66.7 Å². The van der Waals surface area contributed by atoms with Crippen LogP contribution in [0, 0.1) is 5.92 Å². The van der Waals surface area contributed by atoms with E-state index in [0.717, 1.165) is 5.56 Å². The number of hydrogen-bond acceptors (Lipinski definition) is 9. The molecule has 10 N–H and O–H groups in total. The van der Waals surface area contributed by atoms with Gasteiger partial charge in [0.25, 0.3) is 0 Å². The van der Waals surface area contributed by atoms with E-state index in [2.05, 4.69) is 26.6 Å². The first-order chi connectivity index (χ1) is 19.3. The van der Waals surface area contributed by atoms with Crippen molar-refractivity contribution in [3.05, 3.63) is 29.8 Å². The normalized spacial score (nSPS) is 12.9. The Bertz CT molecular complexity index is 1050. The molecule has 14 nitrogen and oxygen atoms in total. The minimum Gasteiger partial charge on any atom is -0.508 e. The van der Waals surface area contributed by atoms with Crippen molar-refractivity contribution in [3.63, 3.8) is 0 Å². The first-order valence-corrected chi connectivity index (χ1v) is 14.5. The van der Waals surface area contributed by atoms with Gasteiger partial charge in [-0.3, -0.25) is 28.8 Å². The molecule has 0 fully saturated rings.